The second-order valence-corrected chi connectivity index (χ2v) is 6.51. The van der Waals surface area contributed by atoms with Crippen LogP contribution in [0.3, 0.4) is 0 Å². The molecule has 0 saturated heterocycles. The molecule has 4 rings (SSSR count). The van der Waals surface area contributed by atoms with Gasteiger partial charge in [-0.05, 0) is 42.0 Å². The van der Waals surface area contributed by atoms with Crippen molar-refractivity contribution in [3.63, 3.8) is 0 Å². The number of halogens is 2. The molecule has 3 aromatic rings. The van der Waals surface area contributed by atoms with E-state index in [2.05, 4.69) is 5.32 Å². The molecule has 0 fully saturated rings. The Morgan fingerprint density at radius 2 is 1.53 bits per heavy atom. The number of anilines is 2. The number of benzene rings is 3. The highest BCUT2D eigenvalue weighted by Crippen LogP contribution is 2.34. The molecule has 0 aromatic heterocycles. The minimum Gasteiger partial charge on any atom is -0.497 e. The molecule has 3 aromatic carbocycles. The Morgan fingerprint density at radius 1 is 0.833 bits per heavy atom. The Hall–Kier alpha value is -4.00. The van der Waals surface area contributed by atoms with Crippen molar-refractivity contribution in [2.45, 2.75) is 0 Å². The lowest BCUT2D eigenvalue weighted by Gasteiger charge is -2.16. The Bertz CT molecular complexity index is 1160. The van der Waals surface area contributed by atoms with E-state index in [4.69, 9.17) is 4.74 Å². The van der Waals surface area contributed by atoms with Crippen LogP contribution in [0.2, 0.25) is 0 Å². The number of methoxy groups -OCH3 is 1. The first-order valence-corrected chi connectivity index (χ1v) is 9.04. The van der Waals surface area contributed by atoms with E-state index in [1.807, 2.05) is 0 Å². The number of hydrogen-bond donors (Lipinski definition) is 1. The first kappa shape index (κ1) is 19.3. The third-order valence-electron chi connectivity index (χ3n) is 4.67. The van der Waals surface area contributed by atoms with Crippen LogP contribution in [0.1, 0.15) is 5.56 Å². The molecule has 1 heterocycles. The Kier molecular flexibility index (Phi) is 5.02. The van der Waals surface area contributed by atoms with E-state index < -0.39 is 23.4 Å². The number of carbonyl (C=O) groups is 2. The van der Waals surface area contributed by atoms with Gasteiger partial charge in [-0.3, -0.25) is 9.59 Å². The predicted molar refractivity (Wildman–Crippen MR) is 109 cm³/mol. The van der Waals surface area contributed by atoms with E-state index in [9.17, 15) is 18.4 Å². The van der Waals surface area contributed by atoms with Crippen LogP contribution in [0, 0.1) is 11.6 Å². The molecular weight excluding hydrogens is 390 g/mol. The SMILES string of the molecule is COc1ccc(N2C(=O)C(Nc3ccc(F)c(F)c3)=C(c3ccccc3)C2=O)cc1. The molecule has 0 bridgehead atoms. The molecule has 1 aliphatic heterocycles. The van der Waals surface area contributed by atoms with Gasteiger partial charge in [-0.2, -0.15) is 0 Å². The number of imide groups is 1. The van der Waals surface area contributed by atoms with Gasteiger partial charge in [0.25, 0.3) is 11.8 Å². The number of carbonyl (C=O) groups excluding carboxylic acids is 2. The number of rotatable bonds is 5. The average molecular weight is 406 g/mol. The summed E-state index contributed by atoms with van der Waals surface area (Å²) in [6, 6.07) is 18.3. The van der Waals surface area contributed by atoms with Gasteiger partial charge < -0.3 is 10.1 Å². The molecule has 1 aliphatic rings. The van der Waals surface area contributed by atoms with Crippen molar-refractivity contribution in [1.82, 2.24) is 0 Å². The second-order valence-electron chi connectivity index (χ2n) is 6.51. The average Bonchev–Trinajstić information content (AvgIpc) is 3.01. The van der Waals surface area contributed by atoms with Crippen LogP contribution in [0.25, 0.3) is 5.57 Å². The summed E-state index contributed by atoms with van der Waals surface area (Å²) < 4.78 is 32.1. The van der Waals surface area contributed by atoms with Crippen LogP contribution in [0.4, 0.5) is 20.2 Å². The van der Waals surface area contributed by atoms with Gasteiger partial charge in [0.2, 0.25) is 0 Å². The minimum atomic E-state index is -1.06. The van der Waals surface area contributed by atoms with E-state index in [0.717, 1.165) is 17.0 Å². The fraction of sp³-hybridized carbons (Fsp3) is 0.0435. The largest absolute Gasteiger partial charge is 0.497 e. The summed E-state index contributed by atoms with van der Waals surface area (Å²) in [4.78, 5) is 27.5. The maximum absolute atomic E-state index is 13.7. The van der Waals surface area contributed by atoms with Crippen molar-refractivity contribution >= 4 is 28.8 Å². The molecule has 0 radical (unpaired) electrons. The third kappa shape index (κ3) is 3.41. The van der Waals surface area contributed by atoms with E-state index in [1.165, 1.54) is 13.2 Å². The Labute approximate surface area is 171 Å². The summed E-state index contributed by atoms with van der Waals surface area (Å²) in [6.45, 7) is 0. The van der Waals surface area contributed by atoms with Crippen LogP contribution in [0.5, 0.6) is 5.75 Å². The lowest BCUT2D eigenvalue weighted by Crippen LogP contribution is -2.32. The van der Waals surface area contributed by atoms with Crippen LogP contribution in [-0.2, 0) is 9.59 Å². The highest BCUT2D eigenvalue weighted by atomic mass is 19.2. The van der Waals surface area contributed by atoms with Crippen LogP contribution in [-0.4, -0.2) is 18.9 Å². The van der Waals surface area contributed by atoms with Gasteiger partial charge in [-0.1, -0.05) is 30.3 Å². The second kappa shape index (κ2) is 7.79. The highest BCUT2D eigenvalue weighted by Gasteiger charge is 2.40. The molecule has 0 saturated carbocycles. The number of ether oxygens (including phenoxy) is 1. The van der Waals surface area contributed by atoms with Gasteiger partial charge in [-0.25, -0.2) is 13.7 Å². The topological polar surface area (TPSA) is 58.6 Å². The van der Waals surface area contributed by atoms with Crippen molar-refractivity contribution in [1.29, 1.82) is 0 Å². The molecule has 0 spiro atoms. The summed E-state index contributed by atoms with van der Waals surface area (Å²) in [6.07, 6.45) is 0. The third-order valence-corrected chi connectivity index (χ3v) is 4.67. The Balaban J connectivity index is 1.79. The van der Waals surface area contributed by atoms with Gasteiger partial charge in [0.15, 0.2) is 11.6 Å². The van der Waals surface area contributed by atoms with Crippen molar-refractivity contribution in [3.05, 3.63) is 95.7 Å². The molecule has 30 heavy (non-hydrogen) atoms. The molecular formula is C23H16F2N2O3. The van der Waals surface area contributed by atoms with Crippen LogP contribution < -0.4 is 15.0 Å². The fourth-order valence-corrected chi connectivity index (χ4v) is 3.20. The number of nitrogens with one attached hydrogen (secondary N) is 1. The molecule has 0 aliphatic carbocycles. The zero-order valence-corrected chi connectivity index (χ0v) is 15.9. The van der Waals surface area contributed by atoms with Crippen molar-refractivity contribution in [2.24, 2.45) is 0 Å². The zero-order valence-electron chi connectivity index (χ0n) is 15.9. The lowest BCUT2D eigenvalue weighted by molar-refractivity contribution is -0.120. The molecule has 2 amide bonds. The van der Waals surface area contributed by atoms with E-state index in [-0.39, 0.29) is 17.0 Å². The van der Waals surface area contributed by atoms with E-state index in [1.54, 1.807) is 54.6 Å². The summed E-state index contributed by atoms with van der Waals surface area (Å²) in [5.74, 6) is -2.62. The molecule has 150 valence electrons. The van der Waals surface area contributed by atoms with Crippen LogP contribution >= 0.6 is 0 Å². The zero-order chi connectivity index (χ0) is 21.3. The molecule has 5 nitrogen and oxygen atoms in total. The number of nitrogens with zero attached hydrogens (tertiary/aromatic N) is 1. The smallest absolute Gasteiger partial charge is 0.282 e. The summed E-state index contributed by atoms with van der Waals surface area (Å²) >= 11 is 0. The van der Waals surface area contributed by atoms with Crippen molar-refractivity contribution in [3.8, 4) is 5.75 Å². The predicted octanol–water partition coefficient (Wildman–Crippen LogP) is 4.37. The minimum absolute atomic E-state index is 0.0203. The normalized spacial score (nSPS) is 13.8. The monoisotopic (exact) mass is 406 g/mol. The van der Waals surface area contributed by atoms with Crippen molar-refractivity contribution < 1.29 is 23.1 Å². The fourth-order valence-electron chi connectivity index (χ4n) is 3.20. The van der Waals surface area contributed by atoms with E-state index >= 15 is 0 Å². The lowest BCUT2D eigenvalue weighted by atomic mass is 10.0. The number of amides is 2. The quantitative estimate of drug-likeness (QED) is 0.640. The summed E-state index contributed by atoms with van der Waals surface area (Å²) in [5, 5.41) is 2.80. The summed E-state index contributed by atoms with van der Waals surface area (Å²) in [7, 11) is 1.51. The van der Waals surface area contributed by atoms with Gasteiger partial charge in [0.05, 0.1) is 18.4 Å². The Morgan fingerprint density at radius 3 is 2.17 bits per heavy atom. The van der Waals surface area contributed by atoms with Gasteiger partial charge in [-0.15, -0.1) is 0 Å². The van der Waals surface area contributed by atoms with Crippen LogP contribution in [0.15, 0.2) is 78.5 Å². The standard InChI is InChI=1S/C23H16F2N2O3/c1-30-17-10-8-16(9-11-17)27-22(28)20(14-5-3-2-4-6-14)21(23(27)29)26-15-7-12-18(24)19(25)13-15/h2-13,26H,1H3. The van der Waals surface area contributed by atoms with Gasteiger partial charge in [0, 0.05) is 11.8 Å². The summed E-state index contributed by atoms with van der Waals surface area (Å²) in [5.41, 5.74) is 1.16. The molecule has 7 heteroatoms. The van der Waals surface area contributed by atoms with Crippen molar-refractivity contribution in [2.75, 3.05) is 17.3 Å². The first-order valence-electron chi connectivity index (χ1n) is 9.04. The molecule has 0 atom stereocenters. The first-order chi connectivity index (χ1) is 14.5. The number of hydrogen-bond acceptors (Lipinski definition) is 4. The molecule has 0 unspecified atom stereocenters. The maximum atomic E-state index is 13.7. The molecule has 1 N–H and O–H groups in total. The van der Waals surface area contributed by atoms with E-state index in [0.29, 0.717) is 17.0 Å². The maximum Gasteiger partial charge on any atom is 0.282 e. The van der Waals surface area contributed by atoms with Gasteiger partial charge in [0.1, 0.15) is 11.4 Å². The highest BCUT2D eigenvalue weighted by molar-refractivity contribution is 6.46. The van der Waals surface area contributed by atoms with Gasteiger partial charge >= 0.3 is 0 Å².